The van der Waals surface area contributed by atoms with E-state index in [1.54, 1.807) is 0 Å². The average Bonchev–Trinajstić information content (AvgIpc) is 3.35. The minimum atomic E-state index is -2.21. The van der Waals surface area contributed by atoms with Crippen molar-refractivity contribution in [3.8, 4) is 0 Å². The van der Waals surface area contributed by atoms with Gasteiger partial charge in [0.25, 0.3) is 5.56 Å². The predicted molar refractivity (Wildman–Crippen MR) is 144 cm³/mol. The van der Waals surface area contributed by atoms with Gasteiger partial charge in [0.05, 0.1) is 6.61 Å². The first-order valence-electron chi connectivity index (χ1n) is 14.0. The largest absolute Gasteiger partial charge is 0.394 e. The molecule has 12 heteroatoms. The summed E-state index contributed by atoms with van der Waals surface area (Å²) < 4.78 is 6.83. The highest BCUT2D eigenvalue weighted by molar-refractivity contribution is 5.89. The van der Waals surface area contributed by atoms with Crippen molar-refractivity contribution in [1.29, 1.82) is 0 Å². The van der Waals surface area contributed by atoms with Crippen LogP contribution in [0.2, 0.25) is 0 Å². The third-order valence-electron chi connectivity index (χ3n) is 7.42. The molecule has 12 nitrogen and oxygen atoms in total. The third-order valence-corrected chi connectivity index (χ3v) is 7.42. The lowest BCUT2D eigenvalue weighted by atomic mass is 9.94. The van der Waals surface area contributed by atoms with Gasteiger partial charge in [-0.2, -0.15) is 4.98 Å². The topological polar surface area (TPSA) is 203 Å². The third kappa shape index (κ3) is 6.53. The van der Waals surface area contributed by atoms with Crippen molar-refractivity contribution in [2.24, 2.45) is 0 Å². The Kier molecular flexibility index (Phi) is 11.1. The van der Waals surface area contributed by atoms with Crippen molar-refractivity contribution in [2.75, 3.05) is 18.1 Å². The molecule has 1 fully saturated rings. The number of Topliss-reactive ketones (excluding diaryl/α,β-unsaturated/α-hetero) is 1. The zero-order chi connectivity index (χ0) is 27.7. The maximum absolute atomic E-state index is 13.6. The number of hydrogen-bond donors (Lipinski definition) is 6. The van der Waals surface area contributed by atoms with Crippen LogP contribution in [0.3, 0.4) is 0 Å². The lowest BCUT2D eigenvalue weighted by Crippen LogP contribution is -2.52. The van der Waals surface area contributed by atoms with Gasteiger partial charge >= 0.3 is 0 Å². The van der Waals surface area contributed by atoms with E-state index in [0.717, 1.165) is 30.3 Å². The molecule has 1 aliphatic rings. The molecule has 8 N–H and O–H groups in total. The Morgan fingerprint density at radius 3 is 2.05 bits per heavy atom. The molecule has 2 aromatic rings. The van der Waals surface area contributed by atoms with E-state index < -0.39 is 42.0 Å². The molecule has 0 aliphatic carbocycles. The molecule has 4 atom stereocenters. The van der Waals surface area contributed by atoms with Crippen LogP contribution in [0, 0.1) is 0 Å². The summed E-state index contributed by atoms with van der Waals surface area (Å²) >= 11 is 0. The van der Waals surface area contributed by atoms with Crippen molar-refractivity contribution in [3.05, 3.63) is 10.4 Å². The second-order valence-corrected chi connectivity index (χ2v) is 10.3. The number of fused-ring (bicyclic) bond motifs is 1. The molecule has 1 aliphatic heterocycles. The molecule has 0 saturated carbocycles. The first-order chi connectivity index (χ1) is 18.3. The molecule has 38 heavy (non-hydrogen) atoms. The molecular weight excluding hydrogens is 492 g/mol. The second-order valence-electron chi connectivity index (χ2n) is 10.3. The number of ether oxygens (including phenoxy) is 1. The van der Waals surface area contributed by atoms with Crippen LogP contribution in [0.4, 0.5) is 11.9 Å². The minimum absolute atomic E-state index is 0.0253. The molecule has 3 heterocycles. The van der Waals surface area contributed by atoms with Crippen LogP contribution in [0.1, 0.15) is 96.8 Å². The number of rotatable bonds is 17. The maximum Gasteiger partial charge on any atom is 0.280 e. The van der Waals surface area contributed by atoms with E-state index >= 15 is 0 Å². The number of anilines is 2. The van der Waals surface area contributed by atoms with E-state index in [0.29, 0.717) is 6.42 Å². The van der Waals surface area contributed by atoms with Crippen LogP contribution < -0.4 is 17.0 Å². The number of aromatic amines is 1. The van der Waals surface area contributed by atoms with Gasteiger partial charge in [-0.05, 0) is 6.42 Å². The molecule has 1 saturated heterocycles. The van der Waals surface area contributed by atoms with E-state index in [1.165, 1.54) is 51.4 Å². The Hall–Kier alpha value is -2.54. The van der Waals surface area contributed by atoms with Gasteiger partial charge in [0, 0.05) is 6.42 Å². The first-order valence-corrected chi connectivity index (χ1v) is 14.0. The number of aliphatic hydroxyl groups is 3. The monoisotopic (exact) mass is 536 g/mol. The van der Waals surface area contributed by atoms with Gasteiger partial charge in [0.15, 0.2) is 16.9 Å². The summed E-state index contributed by atoms with van der Waals surface area (Å²) in [6.07, 6.45) is 10.4. The van der Waals surface area contributed by atoms with E-state index in [-0.39, 0.29) is 29.5 Å². The number of ketones is 1. The molecule has 3 rings (SSSR count). The van der Waals surface area contributed by atoms with Gasteiger partial charge < -0.3 is 31.5 Å². The molecule has 0 spiro atoms. The lowest BCUT2D eigenvalue weighted by Gasteiger charge is -2.32. The van der Waals surface area contributed by atoms with Gasteiger partial charge in [-0.3, -0.25) is 19.1 Å². The summed E-state index contributed by atoms with van der Waals surface area (Å²) in [5.41, 5.74) is 8.53. The van der Waals surface area contributed by atoms with Crippen LogP contribution >= 0.6 is 0 Å². The number of unbranched alkanes of at least 4 members (excludes halogenated alkanes) is 12. The Morgan fingerprint density at radius 1 is 0.974 bits per heavy atom. The SMILES string of the molecule is CCCCCCCCCCCCCCCC(=O)[C@@]1(n2c(N)nc3c(=O)[nH]c(N)nc32)O[C@H](CO)[C@@H](O)[C@H]1O. The molecule has 0 unspecified atom stereocenters. The van der Waals surface area contributed by atoms with Crippen molar-refractivity contribution in [2.45, 2.75) is 121 Å². The van der Waals surface area contributed by atoms with Crippen LogP contribution in [-0.2, 0) is 15.3 Å². The lowest BCUT2D eigenvalue weighted by molar-refractivity contribution is -0.173. The number of H-pyrrole nitrogens is 1. The standard InChI is InChI=1S/C26H44N6O6/c1-2-3-4-5-6-7-8-9-10-11-12-13-14-15-18(34)26(21(36)20(35)17(16-33)38-26)32-22-19(29-25(32)28)23(37)31-24(27)30-22/h17,20-21,33,35-36H,2-16H2,1H3,(H2,28,29)(H3,27,30,31,37)/t17-,20-,21-,26-/m1/s1. The van der Waals surface area contributed by atoms with Gasteiger partial charge in [-0.25, -0.2) is 4.98 Å². The van der Waals surface area contributed by atoms with Crippen LogP contribution in [-0.4, -0.2) is 65.5 Å². The van der Waals surface area contributed by atoms with E-state index in [9.17, 15) is 24.9 Å². The molecule has 2 aromatic heterocycles. The summed E-state index contributed by atoms with van der Waals surface area (Å²) in [6, 6.07) is 0. The summed E-state index contributed by atoms with van der Waals surface area (Å²) in [6.45, 7) is 1.58. The Morgan fingerprint density at radius 2 is 1.53 bits per heavy atom. The van der Waals surface area contributed by atoms with Crippen molar-refractivity contribution >= 4 is 28.8 Å². The number of nitrogens with zero attached hydrogens (tertiary/aromatic N) is 3. The number of nitrogens with two attached hydrogens (primary N) is 2. The highest BCUT2D eigenvalue weighted by Gasteiger charge is 2.61. The Bertz CT molecular complexity index is 1100. The fourth-order valence-corrected chi connectivity index (χ4v) is 5.30. The smallest absolute Gasteiger partial charge is 0.280 e. The zero-order valence-electron chi connectivity index (χ0n) is 22.4. The second kappa shape index (κ2) is 14.0. The van der Waals surface area contributed by atoms with E-state index in [2.05, 4.69) is 21.9 Å². The Balaban J connectivity index is 1.60. The number of aromatic nitrogens is 4. The van der Waals surface area contributed by atoms with Crippen molar-refractivity contribution in [3.63, 3.8) is 0 Å². The van der Waals surface area contributed by atoms with Crippen LogP contribution in [0.5, 0.6) is 0 Å². The fraction of sp³-hybridized carbons (Fsp3) is 0.769. The molecule has 0 bridgehead atoms. The van der Waals surface area contributed by atoms with Gasteiger partial charge in [0.2, 0.25) is 17.6 Å². The van der Waals surface area contributed by atoms with E-state index in [4.69, 9.17) is 16.2 Å². The molecule has 0 amide bonds. The van der Waals surface area contributed by atoms with Crippen molar-refractivity contribution in [1.82, 2.24) is 19.5 Å². The molecule has 0 aromatic carbocycles. The average molecular weight is 537 g/mol. The summed E-state index contributed by atoms with van der Waals surface area (Å²) in [7, 11) is 0. The van der Waals surface area contributed by atoms with Gasteiger partial charge in [0.1, 0.15) is 18.3 Å². The number of nitrogens with one attached hydrogen (secondary N) is 1. The summed E-state index contributed by atoms with van der Waals surface area (Å²) in [5.74, 6) is -1.11. The number of imidazole rings is 1. The highest BCUT2D eigenvalue weighted by atomic mass is 16.6. The number of aliphatic hydroxyl groups excluding tert-OH is 3. The zero-order valence-corrected chi connectivity index (χ0v) is 22.4. The van der Waals surface area contributed by atoms with Crippen LogP contribution in [0.15, 0.2) is 4.79 Å². The highest BCUT2D eigenvalue weighted by Crippen LogP contribution is 2.41. The fourth-order valence-electron chi connectivity index (χ4n) is 5.30. The summed E-state index contributed by atoms with van der Waals surface area (Å²) in [4.78, 5) is 36.3. The number of hydrogen-bond acceptors (Lipinski definition) is 10. The van der Waals surface area contributed by atoms with Gasteiger partial charge in [-0.15, -0.1) is 0 Å². The molecule has 0 radical (unpaired) electrons. The van der Waals surface area contributed by atoms with Gasteiger partial charge in [-0.1, -0.05) is 84.0 Å². The number of carbonyl (C=O) groups is 1. The summed E-state index contributed by atoms with van der Waals surface area (Å²) in [5, 5.41) is 31.2. The maximum atomic E-state index is 13.6. The quantitative estimate of drug-likeness (QED) is 0.162. The first kappa shape index (κ1) is 30.0. The molecule has 214 valence electrons. The number of nitrogen functional groups attached to an aromatic ring is 2. The predicted octanol–water partition coefficient (Wildman–Crippen LogP) is 2.10. The van der Waals surface area contributed by atoms with E-state index in [1.807, 2.05) is 0 Å². The minimum Gasteiger partial charge on any atom is -0.394 e. The van der Waals surface area contributed by atoms with Crippen molar-refractivity contribution < 1.29 is 24.9 Å². The Labute approximate surface area is 222 Å². The van der Waals surface area contributed by atoms with Crippen LogP contribution in [0.25, 0.3) is 11.2 Å². The normalized spacial score (nSPS) is 23.4. The molecular formula is C26H44N6O6. The number of carbonyl (C=O) groups excluding carboxylic acids is 1.